The molecule has 0 bridgehead atoms. The van der Waals surface area contributed by atoms with Crippen molar-refractivity contribution in [2.45, 2.75) is 44.1 Å². The summed E-state index contributed by atoms with van der Waals surface area (Å²) in [7, 11) is 3.64. The molecule has 0 aromatic heterocycles. The molecule has 0 saturated heterocycles. The van der Waals surface area contributed by atoms with Crippen molar-refractivity contribution in [3.8, 4) is 0 Å². The molecule has 1 aromatic carbocycles. The topological polar surface area (TPSA) is 45.7 Å². The molecule has 2 fully saturated rings. The molecule has 2 aliphatic carbocycles. The first-order chi connectivity index (χ1) is 11.7. The maximum atomic E-state index is 5.28. The van der Waals surface area contributed by atoms with Gasteiger partial charge in [0.05, 0.1) is 0 Å². The van der Waals surface area contributed by atoms with E-state index in [-0.39, 0.29) is 0 Å². The zero-order valence-electron chi connectivity index (χ0n) is 14.6. The van der Waals surface area contributed by atoms with Crippen LogP contribution in [0, 0.1) is 5.41 Å². The van der Waals surface area contributed by atoms with E-state index in [1.165, 1.54) is 31.2 Å². The second kappa shape index (κ2) is 7.87. The van der Waals surface area contributed by atoms with Crippen molar-refractivity contribution in [1.82, 2.24) is 10.6 Å². The van der Waals surface area contributed by atoms with Crippen LogP contribution in [-0.2, 0) is 4.74 Å². The summed E-state index contributed by atoms with van der Waals surface area (Å²) in [5.74, 6) is 1.53. The lowest BCUT2D eigenvalue weighted by molar-refractivity contribution is 0.0732. The molecule has 0 aliphatic heterocycles. The number of methoxy groups -OCH3 is 1. The molecule has 0 heterocycles. The first-order valence-corrected chi connectivity index (χ1v) is 9.67. The van der Waals surface area contributed by atoms with Gasteiger partial charge in [-0.2, -0.15) is 0 Å². The normalized spacial score (nSPS) is 25.0. The summed E-state index contributed by atoms with van der Waals surface area (Å²) in [6.45, 7) is 1.84. The molecule has 132 valence electrons. The van der Waals surface area contributed by atoms with Crippen molar-refractivity contribution in [3.63, 3.8) is 0 Å². The summed E-state index contributed by atoms with van der Waals surface area (Å²) >= 11 is 3.50. The van der Waals surface area contributed by atoms with Gasteiger partial charge in [0.1, 0.15) is 0 Å². The fourth-order valence-electron chi connectivity index (χ4n) is 3.58. The SMILES string of the molecule is CN=C(NCC1(CCOC)CCC1)NC1CC1c1ccc(Br)cc1. The number of ether oxygens (including phenoxy) is 1. The van der Waals surface area contributed by atoms with E-state index < -0.39 is 0 Å². The lowest BCUT2D eigenvalue weighted by atomic mass is 9.67. The number of rotatable bonds is 7. The number of hydrogen-bond acceptors (Lipinski definition) is 2. The Kier molecular flexibility index (Phi) is 5.82. The number of guanidine groups is 1. The van der Waals surface area contributed by atoms with E-state index in [0.717, 1.165) is 30.0 Å². The molecular weight excluding hydrogens is 366 g/mol. The van der Waals surface area contributed by atoms with Crippen LogP contribution in [0.2, 0.25) is 0 Å². The highest BCUT2D eigenvalue weighted by Crippen LogP contribution is 2.43. The van der Waals surface area contributed by atoms with Gasteiger partial charge in [0.25, 0.3) is 0 Å². The first-order valence-electron chi connectivity index (χ1n) is 8.87. The predicted octanol–water partition coefficient (Wildman–Crippen LogP) is 3.68. The van der Waals surface area contributed by atoms with Gasteiger partial charge in [-0.1, -0.05) is 34.5 Å². The van der Waals surface area contributed by atoms with E-state index in [0.29, 0.717) is 17.4 Å². The molecule has 2 atom stereocenters. The molecule has 0 radical (unpaired) electrons. The fraction of sp³-hybridized carbons (Fsp3) is 0.632. The van der Waals surface area contributed by atoms with E-state index in [9.17, 15) is 0 Å². The Balaban J connectivity index is 1.47. The summed E-state index contributed by atoms with van der Waals surface area (Å²) in [6, 6.07) is 9.15. The molecule has 4 nitrogen and oxygen atoms in total. The lowest BCUT2D eigenvalue weighted by Gasteiger charge is -2.42. The van der Waals surface area contributed by atoms with Crippen LogP contribution in [0.4, 0.5) is 0 Å². The van der Waals surface area contributed by atoms with Crippen molar-refractivity contribution in [3.05, 3.63) is 34.3 Å². The van der Waals surface area contributed by atoms with Gasteiger partial charge in [-0.3, -0.25) is 4.99 Å². The quantitative estimate of drug-likeness (QED) is 0.548. The monoisotopic (exact) mass is 393 g/mol. The predicted molar refractivity (Wildman–Crippen MR) is 103 cm³/mol. The number of nitrogens with one attached hydrogen (secondary N) is 2. The molecule has 0 spiro atoms. The van der Waals surface area contributed by atoms with Crippen LogP contribution in [0.5, 0.6) is 0 Å². The van der Waals surface area contributed by atoms with Crippen molar-refractivity contribution in [2.24, 2.45) is 10.4 Å². The maximum Gasteiger partial charge on any atom is 0.191 e. The Morgan fingerprint density at radius 2 is 2.08 bits per heavy atom. The van der Waals surface area contributed by atoms with E-state index >= 15 is 0 Å². The second-order valence-electron chi connectivity index (χ2n) is 7.17. The van der Waals surface area contributed by atoms with Gasteiger partial charge in [0, 0.05) is 43.7 Å². The van der Waals surface area contributed by atoms with Crippen molar-refractivity contribution < 1.29 is 4.74 Å². The van der Waals surface area contributed by atoms with Gasteiger partial charge in [0.15, 0.2) is 5.96 Å². The van der Waals surface area contributed by atoms with Gasteiger partial charge in [-0.15, -0.1) is 0 Å². The lowest BCUT2D eigenvalue weighted by Crippen LogP contribution is -2.47. The molecule has 2 aliphatic rings. The minimum absolute atomic E-state index is 0.405. The standard InChI is InChI=1S/C19H28BrN3O/c1-21-18(22-13-19(8-3-9-19)10-11-24-2)23-17-12-16(17)14-4-6-15(20)7-5-14/h4-7,16-17H,3,8-13H2,1-2H3,(H2,21,22,23). The average molecular weight is 394 g/mol. The van der Waals surface area contributed by atoms with E-state index in [1.807, 2.05) is 7.05 Å². The Morgan fingerprint density at radius 1 is 1.33 bits per heavy atom. The number of aliphatic imine (C=N–C) groups is 1. The molecule has 5 heteroatoms. The van der Waals surface area contributed by atoms with Crippen LogP contribution in [0.1, 0.15) is 43.6 Å². The zero-order chi connectivity index (χ0) is 17.0. The molecule has 1 aromatic rings. The number of halogens is 1. The van der Waals surface area contributed by atoms with Crippen molar-refractivity contribution in [2.75, 3.05) is 27.3 Å². The van der Waals surface area contributed by atoms with Gasteiger partial charge < -0.3 is 15.4 Å². The van der Waals surface area contributed by atoms with Gasteiger partial charge in [-0.25, -0.2) is 0 Å². The summed E-state index contributed by atoms with van der Waals surface area (Å²) in [5.41, 5.74) is 1.81. The maximum absolute atomic E-state index is 5.28. The summed E-state index contributed by atoms with van der Waals surface area (Å²) in [4.78, 5) is 4.41. The Morgan fingerprint density at radius 3 is 2.67 bits per heavy atom. The summed E-state index contributed by atoms with van der Waals surface area (Å²) in [6.07, 6.45) is 6.25. The van der Waals surface area contributed by atoms with Crippen molar-refractivity contribution in [1.29, 1.82) is 0 Å². The Bertz CT molecular complexity index is 568. The van der Waals surface area contributed by atoms with E-state index in [4.69, 9.17) is 4.74 Å². The van der Waals surface area contributed by atoms with Crippen molar-refractivity contribution >= 4 is 21.9 Å². The molecule has 2 unspecified atom stereocenters. The molecule has 0 amide bonds. The third-order valence-corrected chi connectivity index (χ3v) is 6.04. The van der Waals surface area contributed by atoms with Gasteiger partial charge in [0.2, 0.25) is 0 Å². The number of nitrogens with zero attached hydrogens (tertiary/aromatic N) is 1. The molecule has 3 rings (SSSR count). The summed E-state index contributed by atoms with van der Waals surface area (Å²) in [5, 5.41) is 7.13. The first kappa shape index (κ1) is 17.7. The smallest absolute Gasteiger partial charge is 0.191 e. The minimum Gasteiger partial charge on any atom is -0.385 e. The van der Waals surface area contributed by atoms with Gasteiger partial charge in [-0.05, 0) is 48.8 Å². The van der Waals surface area contributed by atoms with Crippen LogP contribution in [0.3, 0.4) is 0 Å². The van der Waals surface area contributed by atoms with Crippen LogP contribution in [0.25, 0.3) is 0 Å². The van der Waals surface area contributed by atoms with Crippen LogP contribution >= 0.6 is 15.9 Å². The van der Waals surface area contributed by atoms with E-state index in [2.05, 4.69) is 55.8 Å². The highest BCUT2D eigenvalue weighted by Gasteiger charge is 2.40. The minimum atomic E-state index is 0.405. The summed E-state index contributed by atoms with van der Waals surface area (Å²) < 4.78 is 6.41. The number of benzene rings is 1. The largest absolute Gasteiger partial charge is 0.385 e. The molecule has 24 heavy (non-hydrogen) atoms. The second-order valence-corrected chi connectivity index (χ2v) is 8.08. The number of hydrogen-bond donors (Lipinski definition) is 2. The van der Waals surface area contributed by atoms with Crippen LogP contribution in [0.15, 0.2) is 33.7 Å². The fourth-order valence-corrected chi connectivity index (χ4v) is 3.85. The van der Waals surface area contributed by atoms with Crippen LogP contribution < -0.4 is 10.6 Å². The molecule has 2 saturated carbocycles. The highest BCUT2D eigenvalue weighted by molar-refractivity contribution is 9.10. The Labute approximate surface area is 153 Å². The molecular formula is C19H28BrN3O. The zero-order valence-corrected chi connectivity index (χ0v) is 16.2. The third-order valence-electron chi connectivity index (χ3n) is 5.52. The average Bonchev–Trinajstić information content (AvgIpc) is 3.32. The Hall–Kier alpha value is -1.07. The third kappa shape index (κ3) is 4.31. The molecule has 2 N–H and O–H groups in total. The van der Waals surface area contributed by atoms with E-state index in [1.54, 1.807) is 7.11 Å². The highest BCUT2D eigenvalue weighted by atomic mass is 79.9. The van der Waals surface area contributed by atoms with Gasteiger partial charge >= 0.3 is 0 Å². The van der Waals surface area contributed by atoms with Crippen LogP contribution in [-0.4, -0.2) is 39.3 Å².